The quantitative estimate of drug-likeness (QED) is 0.614. The van der Waals surface area contributed by atoms with E-state index < -0.39 is 11.2 Å². The Bertz CT molecular complexity index is 1160. The van der Waals surface area contributed by atoms with Crippen LogP contribution in [0.2, 0.25) is 0 Å². The van der Waals surface area contributed by atoms with Gasteiger partial charge in [-0.25, -0.2) is 4.39 Å². The van der Waals surface area contributed by atoms with Crippen LogP contribution in [0.5, 0.6) is 5.75 Å². The Morgan fingerprint density at radius 3 is 2.62 bits per heavy atom. The number of benzene rings is 2. The molecular weight excluding hydrogens is 337 g/mol. The lowest BCUT2D eigenvalue weighted by atomic mass is 10.1. The van der Waals surface area contributed by atoms with Gasteiger partial charge in [0, 0.05) is 12.4 Å². The van der Waals surface area contributed by atoms with Crippen LogP contribution in [0.3, 0.4) is 0 Å². The average molecular weight is 351 g/mol. The largest absolute Gasteiger partial charge is 0.503 e. The van der Waals surface area contributed by atoms with Crippen molar-refractivity contribution in [1.29, 1.82) is 0 Å². The molecule has 0 fully saturated rings. The predicted octanol–water partition coefficient (Wildman–Crippen LogP) is 3.02. The molecule has 0 spiro atoms. The van der Waals surface area contributed by atoms with Crippen molar-refractivity contribution in [2.75, 3.05) is 0 Å². The Kier molecular flexibility index (Phi) is 3.76. The summed E-state index contributed by atoms with van der Waals surface area (Å²) in [6.45, 7) is 0. The number of rotatable bonds is 3. The van der Waals surface area contributed by atoms with E-state index >= 15 is 0 Å². The highest BCUT2D eigenvalue weighted by atomic mass is 19.1. The van der Waals surface area contributed by atoms with Crippen LogP contribution in [0.4, 0.5) is 4.39 Å². The van der Waals surface area contributed by atoms with Crippen LogP contribution in [-0.2, 0) is 13.5 Å². The molecule has 0 aliphatic rings. The van der Waals surface area contributed by atoms with Crippen molar-refractivity contribution in [2.45, 2.75) is 6.42 Å². The molecule has 6 nitrogen and oxygen atoms in total. The monoisotopic (exact) mass is 351 g/mol. The van der Waals surface area contributed by atoms with Crippen LogP contribution in [-0.4, -0.2) is 19.9 Å². The van der Waals surface area contributed by atoms with Gasteiger partial charge in [-0.05, 0) is 29.8 Å². The first-order valence-corrected chi connectivity index (χ1v) is 7.92. The Labute approximate surface area is 147 Å². The summed E-state index contributed by atoms with van der Waals surface area (Å²) in [6.07, 6.45) is 0.315. The van der Waals surface area contributed by atoms with Gasteiger partial charge in [-0.15, -0.1) is 10.2 Å². The van der Waals surface area contributed by atoms with Gasteiger partial charge < -0.3 is 14.1 Å². The Morgan fingerprint density at radius 2 is 1.85 bits per heavy atom. The minimum atomic E-state index is -0.494. The van der Waals surface area contributed by atoms with Crippen molar-refractivity contribution in [3.63, 3.8) is 0 Å². The summed E-state index contributed by atoms with van der Waals surface area (Å²) in [4.78, 5) is 12.4. The van der Waals surface area contributed by atoms with Crippen molar-refractivity contribution in [1.82, 2.24) is 14.8 Å². The van der Waals surface area contributed by atoms with Crippen LogP contribution in [0.1, 0.15) is 11.5 Å². The van der Waals surface area contributed by atoms with Crippen molar-refractivity contribution in [2.24, 2.45) is 7.05 Å². The number of pyridine rings is 1. The van der Waals surface area contributed by atoms with Gasteiger partial charge in [-0.3, -0.25) is 4.79 Å². The zero-order valence-corrected chi connectivity index (χ0v) is 13.8. The number of aromatic nitrogens is 3. The Balaban J connectivity index is 1.78. The summed E-state index contributed by atoms with van der Waals surface area (Å²) in [5.41, 5.74) is 1.11. The number of hydrogen-bond donors (Lipinski definition) is 1. The fourth-order valence-corrected chi connectivity index (χ4v) is 2.91. The van der Waals surface area contributed by atoms with Gasteiger partial charge in [0.05, 0.1) is 11.9 Å². The van der Waals surface area contributed by atoms with E-state index in [0.717, 1.165) is 5.56 Å². The smallest absolute Gasteiger partial charge is 0.268 e. The molecule has 4 rings (SSSR count). The minimum absolute atomic E-state index is 0.0463. The lowest BCUT2D eigenvalue weighted by molar-refractivity contribution is 0.459. The highest BCUT2D eigenvalue weighted by molar-refractivity contribution is 5.84. The van der Waals surface area contributed by atoms with E-state index in [9.17, 15) is 14.3 Å². The lowest BCUT2D eigenvalue weighted by Crippen LogP contribution is -2.10. The summed E-state index contributed by atoms with van der Waals surface area (Å²) in [6, 6.07) is 12.9. The van der Waals surface area contributed by atoms with Gasteiger partial charge in [0.2, 0.25) is 11.3 Å². The van der Waals surface area contributed by atoms with Gasteiger partial charge in [-0.2, -0.15) is 0 Å². The van der Waals surface area contributed by atoms with E-state index in [4.69, 9.17) is 4.42 Å². The zero-order valence-electron chi connectivity index (χ0n) is 13.8. The van der Waals surface area contributed by atoms with Crippen LogP contribution >= 0.6 is 0 Å². The molecule has 0 saturated heterocycles. The number of aryl methyl sites for hydroxylation is 1. The average Bonchev–Trinajstić information content (AvgIpc) is 3.10. The van der Waals surface area contributed by atoms with E-state index in [0.29, 0.717) is 23.2 Å². The lowest BCUT2D eigenvalue weighted by Gasteiger charge is -2.11. The number of halogens is 1. The molecule has 2 aromatic carbocycles. The SMILES string of the molecule is Cn1c(-c2nnc(Cc3ccc(F)cc3)o2)c(O)c(=O)c2ccccc21. The molecule has 0 aliphatic carbocycles. The molecule has 26 heavy (non-hydrogen) atoms. The third-order valence-corrected chi connectivity index (χ3v) is 4.22. The number of fused-ring (bicyclic) bond motifs is 1. The highest BCUT2D eigenvalue weighted by Crippen LogP contribution is 2.28. The molecule has 2 aromatic heterocycles. The third-order valence-electron chi connectivity index (χ3n) is 4.22. The van der Waals surface area contributed by atoms with Gasteiger partial charge in [0.15, 0.2) is 11.4 Å². The molecule has 0 aliphatic heterocycles. The first-order chi connectivity index (χ1) is 12.5. The molecule has 130 valence electrons. The standard InChI is InChI=1S/C19H14FN3O3/c1-23-14-5-3-2-4-13(14)17(24)18(25)16(23)19-22-21-15(26-19)10-11-6-8-12(20)9-7-11/h2-9,25H,10H2,1H3. The second kappa shape index (κ2) is 6.11. The maximum atomic E-state index is 13.0. The van der Waals surface area contributed by atoms with E-state index in [1.807, 2.05) is 0 Å². The fourth-order valence-electron chi connectivity index (χ4n) is 2.91. The molecular formula is C19H14FN3O3. The normalized spacial score (nSPS) is 11.2. The number of hydrogen-bond acceptors (Lipinski definition) is 5. The second-order valence-electron chi connectivity index (χ2n) is 5.91. The van der Waals surface area contributed by atoms with Crippen molar-refractivity contribution in [3.8, 4) is 17.3 Å². The van der Waals surface area contributed by atoms with Gasteiger partial charge in [0.25, 0.3) is 5.89 Å². The van der Waals surface area contributed by atoms with Gasteiger partial charge in [-0.1, -0.05) is 24.3 Å². The maximum Gasteiger partial charge on any atom is 0.268 e. The zero-order chi connectivity index (χ0) is 18.3. The maximum absolute atomic E-state index is 13.0. The number of para-hydroxylation sites is 1. The fraction of sp³-hybridized carbons (Fsp3) is 0.105. The molecule has 0 bridgehead atoms. The van der Waals surface area contributed by atoms with E-state index in [-0.39, 0.29) is 17.4 Å². The topological polar surface area (TPSA) is 81.2 Å². The summed E-state index contributed by atoms with van der Waals surface area (Å²) in [7, 11) is 1.71. The van der Waals surface area contributed by atoms with Crippen molar-refractivity contribution < 1.29 is 13.9 Å². The Hall–Kier alpha value is -3.48. The Morgan fingerprint density at radius 1 is 1.12 bits per heavy atom. The second-order valence-corrected chi connectivity index (χ2v) is 5.91. The summed E-state index contributed by atoms with van der Waals surface area (Å²) in [5, 5.41) is 18.7. The van der Waals surface area contributed by atoms with Crippen LogP contribution in [0.15, 0.2) is 57.7 Å². The number of aromatic hydroxyl groups is 1. The van der Waals surface area contributed by atoms with E-state index in [2.05, 4.69) is 10.2 Å². The van der Waals surface area contributed by atoms with E-state index in [1.54, 1.807) is 48.0 Å². The molecule has 0 amide bonds. The van der Waals surface area contributed by atoms with Crippen LogP contribution in [0.25, 0.3) is 22.5 Å². The first kappa shape index (κ1) is 16.0. The predicted molar refractivity (Wildman–Crippen MR) is 93.4 cm³/mol. The number of nitrogens with zero attached hydrogens (tertiary/aromatic N) is 3. The summed E-state index contributed by atoms with van der Waals surface area (Å²) in [5.74, 6) is -0.421. The molecule has 7 heteroatoms. The van der Waals surface area contributed by atoms with Crippen molar-refractivity contribution >= 4 is 10.9 Å². The molecule has 0 unspecified atom stereocenters. The van der Waals surface area contributed by atoms with Crippen LogP contribution < -0.4 is 5.43 Å². The van der Waals surface area contributed by atoms with Gasteiger partial charge >= 0.3 is 0 Å². The molecule has 0 atom stereocenters. The molecule has 1 N–H and O–H groups in total. The highest BCUT2D eigenvalue weighted by Gasteiger charge is 2.20. The van der Waals surface area contributed by atoms with E-state index in [1.165, 1.54) is 12.1 Å². The summed E-state index contributed by atoms with van der Waals surface area (Å²) >= 11 is 0. The third kappa shape index (κ3) is 2.63. The van der Waals surface area contributed by atoms with Gasteiger partial charge in [0.1, 0.15) is 5.82 Å². The molecule has 0 radical (unpaired) electrons. The van der Waals surface area contributed by atoms with Crippen LogP contribution in [0, 0.1) is 5.82 Å². The molecule has 0 saturated carbocycles. The minimum Gasteiger partial charge on any atom is -0.503 e. The summed E-state index contributed by atoms with van der Waals surface area (Å²) < 4.78 is 20.3. The first-order valence-electron chi connectivity index (χ1n) is 7.92. The van der Waals surface area contributed by atoms with Crippen molar-refractivity contribution in [3.05, 3.63) is 76.0 Å². The molecule has 2 heterocycles. The molecule has 4 aromatic rings.